The molecule has 1 N–H and O–H groups in total. The summed E-state index contributed by atoms with van der Waals surface area (Å²) in [6.45, 7) is 5.32. The van der Waals surface area contributed by atoms with E-state index in [4.69, 9.17) is 4.74 Å². The van der Waals surface area contributed by atoms with Crippen molar-refractivity contribution in [3.05, 3.63) is 24.5 Å². The molecular weight excluding hydrogens is 264 g/mol. The molecule has 0 bridgehead atoms. The lowest BCUT2D eigenvalue weighted by Gasteiger charge is -2.22. The molecule has 19 heavy (non-hydrogen) atoms. The number of hydrogen-bond donors (Lipinski definition) is 1. The molecule has 1 aliphatic heterocycles. The SMILES string of the molecule is CC(C)[C@H]1OCC[C@@H]1CNS(=O)(=O)c1cccnc1. The summed E-state index contributed by atoms with van der Waals surface area (Å²) in [7, 11) is -3.46. The minimum atomic E-state index is -3.46. The van der Waals surface area contributed by atoms with Crippen LogP contribution in [-0.2, 0) is 14.8 Å². The fraction of sp³-hybridized carbons (Fsp3) is 0.615. The Morgan fingerprint density at radius 3 is 2.95 bits per heavy atom. The van der Waals surface area contributed by atoms with Crippen LogP contribution in [0.25, 0.3) is 0 Å². The van der Waals surface area contributed by atoms with Crippen LogP contribution in [0.4, 0.5) is 0 Å². The van der Waals surface area contributed by atoms with Gasteiger partial charge in [0, 0.05) is 31.5 Å². The maximum Gasteiger partial charge on any atom is 0.242 e. The van der Waals surface area contributed by atoms with Gasteiger partial charge in [0.1, 0.15) is 4.90 Å². The van der Waals surface area contributed by atoms with Gasteiger partial charge in [0.25, 0.3) is 0 Å². The summed E-state index contributed by atoms with van der Waals surface area (Å²) in [5.41, 5.74) is 0. The van der Waals surface area contributed by atoms with Crippen LogP contribution in [-0.4, -0.2) is 32.7 Å². The van der Waals surface area contributed by atoms with E-state index in [1.807, 2.05) is 0 Å². The molecule has 5 nitrogen and oxygen atoms in total. The van der Waals surface area contributed by atoms with Crippen molar-refractivity contribution in [3.8, 4) is 0 Å². The van der Waals surface area contributed by atoms with Crippen LogP contribution in [0.2, 0.25) is 0 Å². The van der Waals surface area contributed by atoms with Gasteiger partial charge in [-0.25, -0.2) is 13.1 Å². The fourth-order valence-corrected chi connectivity index (χ4v) is 3.47. The summed E-state index contributed by atoms with van der Waals surface area (Å²) in [5, 5.41) is 0. The molecule has 0 unspecified atom stereocenters. The van der Waals surface area contributed by atoms with Gasteiger partial charge in [-0.3, -0.25) is 4.98 Å². The van der Waals surface area contributed by atoms with Crippen molar-refractivity contribution in [1.29, 1.82) is 0 Å². The lowest BCUT2D eigenvalue weighted by molar-refractivity contribution is 0.0551. The predicted molar refractivity (Wildman–Crippen MR) is 72.1 cm³/mol. The highest BCUT2D eigenvalue weighted by Crippen LogP contribution is 2.26. The van der Waals surface area contributed by atoms with Gasteiger partial charge < -0.3 is 4.74 Å². The van der Waals surface area contributed by atoms with Gasteiger partial charge >= 0.3 is 0 Å². The first-order valence-electron chi connectivity index (χ1n) is 6.52. The second-order valence-electron chi connectivity index (χ2n) is 5.17. The van der Waals surface area contributed by atoms with Gasteiger partial charge in [-0.15, -0.1) is 0 Å². The molecule has 0 spiro atoms. The summed E-state index contributed by atoms with van der Waals surface area (Å²) in [5.74, 6) is 0.641. The van der Waals surface area contributed by atoms with E-state index < -0.39 is 10.0 Å². The number of ether oxygens (including phenoxy) is 1. The highest BCUT2D eigenvalue weighted by molar-refractivity contribution is 7.89. The minimum Gasteiger partial charge on any atom is -0.378 e. The highest BCUT2D eigenvalue weighted by Gasteiger charge is 2.31. The van der Waals surface area contributed by atoms with Gasteiger partial charge in [0.05, 0.1) is 6.10 Å². The maximum absolute atomic E-state index is 12.1. The van der Waals surface area contributed by atoms with Crippen LogP contribution >= 0.6 is 0 Å². The van der Waals surface area contributed by atoms with Crippen molar-refractivity contribution in [2.75, 3.05) is 13.2 Å². The van der Waals surface area contributed by atoms with E-state index in [1.54, 1.807) is 18.3 Å². The number of pyridine rings is 1. The van der Waals surface area contributed by atoms with Gasteiger partial charge in [-0.05, 0) is 24.5 Å². The Labute approximate surface area is 114 Å². The van der Waals surface area contributed by atoms with Crippen molar-refractivity contribution in [3.63, 3.8) is 0 Å². The third-order valence-electron chi connectivity index (χ3n) is 3.40. The second kappa shape index (κ2) is 5.98. The molecule has 106 valence electrons. The minimum absolute atomic E-state index is 0.136. The van der Waals surface area contributed by atoms with Crippen molar-refractivity contribution >= 4 is 10.0 Å². The third-order valence-corrected chi connectivity index (χ3v) is 4.81. The van der Waals surface area contributed by atoms with Gasteiger partial charge in [0.15, 0.2) is 0 Å². The molecule has 0 aromatic carbocycles. The Bertz CT molecular complexity index is 502. The molecule has 1 aliphatic rings. The predicted octanol–water partition coefficient (Wildman–Crippen LogP) is 1.42. The summed E-state index contributed by atoms with van der Waals surface area (Å²) in [6.07, 6.45) is 3.95. The van der Waals surface area contributed by atoms with Crippen LogP contribution in [0.1, 0.15) is 20.3 Å². The molecule has 1 fully saturated rings. The Kier molecular flexibility index (Phi) is 4.54. The summed E-state index contributed by atoms with van der Waals surface area (Å²) >= 11 is 0. The maximum atomic E-state index is 12.1. The summed E-state index contributed by atoms with van der Waals surface area (Å²) in [4.78, 5) is 4.03. The number of hydrogen-bond acceptors (Lipinski definition) is 4. The van der Waals surface area contributed by atoms with E-state index in [9.17, 15) is 8.42 Å². The Hall–Kier alpha value is -0.980. The molecule has 0 radical (unpaired) electrons. The van der Waals surface area contributed by atoms with E-state index in [-0.39, 0.29) is 16.9 Å². The molecule has 0 amide bonds. The van der Waals surface area contributed by atoms with Gasteiger partial charge in [0.2, 0.25) is 10.0 Å². The fourth-order valence-electron chi connectivity index (χ4n) is 2.42. The summed E-state index contributed by atoms with van der Waals surface area (Å²) in [6, 6.07) is 3.16. The van der Waals surface area contributed by atoms with Crippen molar-refractivity contribution in [1.82, 2.24) is 9.71 Å². The molecule has 2 rings (SSSR count). The van der Waals surface area contributed by atoms with Crippen molar-refractivity contribution in [2.45, 2.75) is 31.3 Å². The molecule has 2 atom stereocenters. The first kappa shape index (κ1) is 14.4. The molecule has 6 heteroatoms. The lowest BCUT2D eigenvalue weighted by Crippen LogP contribution is -2.34. The topological polar surface area (TPSA) is 68.3 Å². The number of aromatic nitrogens is 1. The van der Waals surface area contributed by atoms with Gasteiger partial charge in [-0.1, -0.05) is 13.8 Å². The largest absolute Gasteiger partial charge is 0.378 e. The number of sulfonamides is 1. The van der Waals surface area contributed by atoms with Crippen LogP contribution in [0.3, 0.4) is 0 Å². The number of rotatable bonds is 5. The first-order valence-corrected chi connectivity index (χ1v) is 8.00. The Balaban J connectivity index is 1.99. The Morgan fingerprint density at radius 2 is 2.32 bits per heavy atom. The molecule has 0 saturated carbocycles. The molecular formula is C13H20N2O3S. The zero-order valence-corrected chi connectivity index (χ0v) is 12.1. The quantitative estimate of drug-likeness (QED) is 0.888. The third kappa shape index (κ3) is 3.52. The van der Waals surface area contributed by atoms with E-state index in [2.05, 4.69) is 23.6 Å². The molecule has 1 saturated heterocycles. The van der Waals surface area contributed by atoms with E-state index in [1.165, 1.54) is 6.20 Å². The van der Waals surface area contributed by atoms with Crippen LogP contribution in [0.5, 0.6) is 0 Å². The first-order chi connectivity index (χ1) is 9.00. The average Bonchev–Trinajstić information content (AvgIpc) is 2.86. The monoisotopic (exact) mass is 284 g/mol. The lowest BCUT2D eigenvalue weighted by atomic mass is 9.93. The van der Waals surface area contributed by atoms with Gasteiger partial charge in [-0.2, -0.15) is 0 Å². The highest BCUT2D eigenvalue weighted by atomic mass is 32.2. The van der Waals surface area contributed by atoms with Crippen molar-refractivity contribution in [2.24, 2.45) is 11.8 Å². The second-order valence-corrected chi connectivity index (χ2v) is 6.94. The average molecular weight is 284 g/mol. The zero-order chi connectivity index (χ0) is 13.9. The van der Waals surface area contributed by atoms with Crippen LogP contribution in [0, 0.1) is 11.8 Å². The molecule has 0 aliphatic carbocycles. The van der Waals surface area contributed by atoms with E-state index in [0.29, 0.717) is 19.1 Å². The zero-order valence-electron chi connectivity index (χ0n) is 11.2. The van der Waals surface area contributed by atoms with E-state index >= 15 is 0 Å². The standard InChI is InChI=1S/C13H20N2O3S/c1-10(2)13-11(5-7-18-13)8-15-19(16,17)12-4-3-6-14-9-12/h3-4,6,9-11,13,15H,5,7-8H2,1-2H3/t11-,13-/m1/s1. The molecule has 1 aromatic rings. The molecule has 1 aromatic heterocycles. The number of nitrogens with zero attached hydrogens (tertiary/aromatic N) is 1. The number of nitrogens with one attached hydrogen (secondary N) is 1. The van der Waals surface area contributed by atoms with Crippen molar-refractivity contribution < 1.29 is 13.2 Å². The van der Waals surface area contributed by atoms with Crippen LogP contribution < -0.4 is 4.72 Å². The Morgan fingerprint density at radius 1 is 1.53 bits per heavy atom. The normalized spacial score (nSPS) is 23.9. The summed E-state index contributed by atoms with van der Waals surface area (Å²) < 4.78 is 32.5. The van der Waals surface area contributed by atoms with Crippen LogP contribution in [0.15, 0.2) is 29.4 Å². The van der Waals surface area contributed by atoms with E-state index in [0.717, 1.165) is 6.42 Å². The smallest absolute Gasteiger partial charge is 0.242 e. The molecule has 2 heterocycles.